The Labute approximate surface area is 164 Å². The van der Waals surface area contributed by atoms with Crippen LogP contribution in [0.2, 0.25) is 0 Å². The fraction of sp³-hybridized carbons (Fsp3) is 0.455. The van der Waals surface area contributed by atoms with Gasteiger partial charge in [-0.25, -0.2) is 4.98 Å². The van der Waals surface area contributed by atoms with E-state index in [1.807, 2.05) is 18.2 Å². The van der Waals surface area contributed by atoms with E-state index in [0.717, 1.165) is 41.9 Å². The van der Waals surface area contributed by atoms with E-state index >= 15 is 0 Å². The van der Waals surface area contributed by atoms with Crippen LogP contribution in [0.15, 0.2) is 41.2 Å². The van der Waals surface area contributed by atoms with Gasteiger partial charge in [-0.2, -0.15) is 0 Å². The van der Waals surface area contributed by atoms with Gasteiger partial charge in [-0.15, -0.1) is 0 Å². The summed E-state index contributed by atoms with van der Waals surface area (Å²) in [7, 11) is 0. The van der Waals surface area contributed by atoms with Crippen LogP contribution in [-0.4, -0.2) is 34.6 Å². The number of rotatable bonds is 4. The third-order valence-electron chi connectivity index (χ3n) is 6.07. The third kappa shape index (κ3) is 3.22. The predicted molar refractivity (Wildman–Crippen MR) is 108 cm³/mol. The molecule has 5 rings (SSSR count). The van der Waals surface area contributed by atoms with Gasteiger partial charge in [0.15, 0.2) is 0 Å². The number of furan rings is 1. The molecule has 2 N–H and O–H groups in total. The Balaban J connectivity index is 1.53. The first-order valence-electron chi connectivity index (χ1n) is 10.4. The molecule has 6 nitrogen and oxygen atoms in total. The fourth-order valence-corrected chi connectivity index (χ4v) is 4.59. The number of hydrogen-bond acceptors (Lipinski definition) is 4. The highest BCUT2D eigenvalue weighted by molar-refractivity contribution is 5.98. The summed E-state index contributed by atoms with van der Waals surface area (Å²) < 4.78 is 7.68. The first kappa shape index (κ1) is 17.5. The molecule has 0 bridgehead atoms. The first-order chi connectivity index (χ1) is 13.8. The normalized spacial score (nSPS) is 20.6. The van der Waals surface area contributed by atoms with Crippen molar-refractivity contribution in [2.45, 2.75) is 50.6 Å². The van der Waals surface area contributed by atoms with Gasteiger partial charge in [-0.3, -0.25) is 4.79 Å². The van der Waals surface area contributed by atoms with E-state index in [-0.39, 0.29) is 11.9 Å². The van der Waals surface area contributed by atoms with E-state index in [1.165, 1.54) is 32.1 Å². The molecule has 2 aliphatic rings. The summed E-state index contributed by atoms with van der Waals surface area (Å²) in [4.78, 5) is 17.6. The lowest BCUT2D eigenvalue weighted by atomic mass is 9.95. The van der Waals surface area contributed by atoms with E-state index in [9.17, 15) is 4.79 Å². The number of benzene rings is 1. The van der Waals surface area contributed by atoms with Crippen LogP contribution in [0.5, 0.6) is 0 Å². The van der Waals surface area contributed by atoms with Gasteiger partial charge in [0, 0.05) is 24.2 Å². The van der Waals surface area contributed by atoms with Gasteiger partial charge in [-0.1, -0.05) is 19.3 Å². The van der Waals surface area contributed by atoms with Crippen LogP contribution < -0.4 is 10.6 Å². The zero-order chi connectivity index (χ0) is 18.9. The average Bonchev–Trinajstić information content (AvgIpc) is 3.48. The minimum absolute atomic E-state index is 0.0207. The third-order valence-corrected chi connectivity index (χ3v) is 6.07. The van der Waals surface area contributed by atoms with Crippen LogP contribution in [0.3, 0.4) is 0 Å². The van der Waals surface area contributed by atoms with Crippen LogP contribution in [0.25, 0.3) is 22.4 Å². The second-order valence-corrected chi connectivity index (χ2v) is 7.98. The number of nitrogens with zero attached hydrogens (tertiary/aromatic N) is 2. The van der Waals surface area contributed by atoms with Gasteiger partial charge in [0.25, 0.3) is 5.91 Å². The SMILES string of the molecule is O=C(NC1CCNC1)c1ccc2c(c1)nc(-c1ccoc1)n2C1CCCCC1. The molecule has 0 spiro atoms. The minimum atomic E-state index is -0.0207. The first-order valence-corrected chi connectivity index (χ1v) is 10.4. The van der Waals surface area contributed by atoms with Crippen LogP contribution in [0.4, 0.5) is 0 Å². The van der Waals surface area contributed by atoms with Gasteiger partial charge < -0.3 is 19.6 Å². The number of fused-ring (bicyclic) bond motifs is 1. The van der Waals surface area contributed by atoms with Crippen molar-refractivity contribution in [1.29, 1.82) is 0 Å². The smallest absolute Gasteiger partial charge is 0.251 e. The van der Waals surface area contributed by atoms with Crippen molar-refractivity contribution < 1.29 is 9.21 Å². The molecule has 2 aromatic heterocycles. The van der Waals surface area contributed by atoms with Crippen LogP contribution in [-0.2, 0) is 0 Å². The molecule has 6 heteroatoms. The number of carbonyl (C=O) groups excluding carboxylic acids is 1. The van der Waals surface area contributed by atoms with Crippen molar-refractivity contribution in [3.05, 3.63) is 42.4 Å². The zero-order valence-electron chi connectivity index (χ0n) is 16.0. The Morgan fingerprint density at radius 2 is 2.07 bits per heavy atom. The van der Waals surface area contributed by atoms with E-state index in [2.05, 4.69) is 21.3 Å². The monoisotopic (exact) mass is 378 g/mol. The Kier molecular flexibility index (Phi) is 4.64. The molecule has 1 aliphatic carbocycles. The van der Waals surface area contributed by atoms with Gasteiger partial charge >= 0.3 is 0 Å². The molecule has 1 amide bonds. The molecule has 1 saturated heterocycles. The van der Waals surface area contributed by atoms with Crippen LogP contribution in [0.1, 0.15) is 54.9 Å². The Hall–Kier alpha value is -2.60. The molecule has 146 valence electrons. The van der Waals surface area contributed by atoms with Crippen molar-refractivity contribution >= 4 is 16.9 Å². The second-order valence-electron chi connectivity index (χ2n) is 7.98. The number of hydrogen-bond donors (Lipinski definition) is 2. The van der Waals surface area contributed by atoms with Crippen molar-refractivity contribution in [2.24, 2.45) is 0 Å². The number of imidazole rings is 1. The summed E-state index contributed by atoms with van der Waals surface area (Å²) in [5, 5.41) is 6.40. The molecule has 0 radical (unpaired) electrons. The minimum Gasteiger partial charge on any atom is -0.472 e. The van der Waals surface area contributed by atoms with E-state index in [1.54, 1.807) is 12.5 Å². The van der Waals surface area contributed by atoms with E-state index < -0.39 is 0 Å². The lowest BCUT2D eigenvalue weighted by molar-refractivity contribution is 0.0940. The quantitative estimate of drug-likeness (QED) is 0.722. The fourth-order valence-electron chi connectivity index (χ4n) is 4.59. The molecule has 3 heterocycles. The molecule has 28 heavy (non-hydrogen) atoms. The molecule has 1 atom stereocenters. The number of carbonyl (C=O) groups is 1. The molecule has 1 aliphatic heterocycles. The van der Waals surface area contributed by atoms with Crippen LogP contribution >= 0.6 is 0 Å². The van der Waals surface area contributed by atoms with Crippen LogP contribution in [0, 0.1) is 0 Å². The van der Waals surface area contributed by atoms with Gasteiger partial charge in [0.05, 0.1) is 22.9 Å². The maximum atomic E-state index is 12.7. The summed E-state index contributed by atoms with van der Waals surface area (Å²) >= 11 is 0. The topological polar surface area (TPSA) is 72.1 Å². The Morgan fingerprint density at radius 3 is 2.82 bits per heavy atom. The molecule has 1 saturated carbocycles. The molecule has 3 aromatic rings. The number of aromatic nitrogens is 2. The highest BCUT2D eigenvalue weighted by atomic mass is 16.3. The summed E-state index contributed by atoms with van der Waals surface area (Å²) in [6, 6.07) is 8.54. The zero-order valence-corrected chi connectivity index (χ0v) is 16.0. The van der Waals surface area contributed by atoms with Gasteiger partial charge in [-0.05, 0) is 50.1 Å². The molecule has 2 fully saturated rings. The summed E-state index contributed by atoms with van der Waals surface area (Å²) in [5.41, 5.74) is 3.64. The summed E-state index contributed by atoms with van der Waals surface area (Å²) in [5.74, 6) is 0.917. The van der Waals surface area contributed by atoms with Crippen molar-refractivity contribution in [3.63, 3.8) is 0 Å². The lowest BCUT2D eigenvalue weighted by Crippen LogP contribution is -2.36. The molecular formula is C22H26N4O2. The predicted octanol–water partition coefficient (Wildman–Crippen LogP) is 3.89. The van der Waals surface area contributed by atoms with Crippen molar-refractivity contribution in [2.75, 3.05) is 13.1 Å². The van der Waals surface area contributed by atoms with Gasteiger partial charge in [0.2, 0.25) is 0 Å². The summed E-state index contributed by atoms with van der Waals surface area (Å²) in [6.07, 6.45) is 10.6. The van der Waals surface area contributed by atoms with Crippen molar-refractivity contribution in [3.8, 4) is 11.4 Å². The maximum Gasteiger partial charge on any atom is 0.251 e. The van der Waals surface area contributed by atoms with E-state index in [4.69, 9.17) is 9.40 Å². The van der Waals surface area contributed by atoms with Crippen molar-refractivity contribution in [1.82, 2.24) is 20.2 Å². The standard InChI is InChI=1S/C22H26N4O2/c27-22(24-17-8-10-23-13-17)15-6-7-20-19(12-15)25-21(16-9-11-28-14-16)26(20)18-4-2-1-3-5-18/h6-7,9,11-12,14,17-18,23H,1-5,8,10,13H2,(H,24,27). The summed E-state index contributed by atoms with van der Waals surface area (Å²) in [6.45, 7) is 1.80. The molecular weight excluding hydrogens is 352 g/mol. The van der Waals surface area contributed by atoms with Gasteiger partial charge in [0.1, 0.15) is 12.1 Å². The second kappa shape index (κ2) is 7.43. The Bertz CT molecular complexity index is 964. The Morgan fingerprint density at radius 1 is 1.18 bits per heavy atom. The largest absolute Gasteiger partial charge is 0.472 e. The molecule has 1 aromatic carbocycles. The van der Waals surface area contributed by atoms with E-state index in [0.29, 0.717) is 11.6 Å². The maximum absolute atomic E-state index is 12.7. The highest BCUT2D eigenvalue weighted by Crippen LogP contribution is 2.36. The number of amides is 1. The lowest BCUT2D eigenvalue weighted by Gasteiger charge is -2.25. The number of nitrogens with one attached hydrogen (secondary N) is 2. The average molecular weight is 378 g/mol. The molecule has 1 unspecified atom stereocenters. The highest BCUT2D eigenvalue weighted by Gasteiger charge is 2.24.